The molecule has 0 aliphatic carbocycles. The van der Waals surface area contributed by atoms with Gasteiger partial charge in [0.25, 0.3) is 0 Å². The second kappa shape index (κ2) is 7.15. The second-order valence-corrected chi connectivity index (χ2v) is 5.98. The summed E-state index contributed by atoms with van der Waals surface area (Å²) < 4.78 is 17.6. The molecule has 0 bridgehead atoms. The lowest BCUT2D eigenvalue weighted by atomic mass is 9.90. The highest BCUT2D eigenvalue weighted by Gasteiger charge is 2.36. The molecule has 132 valence electrons. The third kappa shape index (κ3) is 2.96. The van der Waals surface area contributed by atoms with Gasteiger partial charge in [-0.3, -0.25) is 4.79 Å². The van der Waals surface area contributed by atoms with Crippen molar-refractivity contribution in [1.82, 2.24) is 0 Å². The van der Waals surface area contributed by atoms with Gasteiger partial charge >= 0.3 is 0 Å². The van der Waals surface area contributed by atoms with Crippen LogP contribution in [-0.4, -0.2) is 25.1 Å². The van der Waals surface area contributed by atoms with Crippen LogP contribution in [0.15, 0.2) is 30.3 Å². The monoisotopic (exact) mass is 342 g/mol. The number of methoxy groups -OCH3 is 1. The van der Waals surface area contributed by atoms with Gasteiger partial charge in [0, 0.05) is 18.6 Å². The first-order valence-electron chi connectivity index (χ1n) is 8.34. The van der Waals surface area contributed by atoms with E-state index in [0.717, 1.165) is 5.56 Å². The van der Waals surface area contributed by atoms with Crippen LogP contribution >= 0.6 is 0 Å². The Bertz CT molecular complexity index is 770. The van der Waals surface area contributed by atoms with E-state index in [1.165, 1.54) is 7.11 Å². The van der Waals surface area contributed by atoms with Crippen molar-refractivity contribution < 1.29 is 24.1 Å². The number of benzene rings is 2. The molecule has 0 fully saturated rings. The molecule has 1 aliphatic rings. The smallest absolute Gasteiger partial charge is 0.157 e. The topological polar surface area (TPSA) is 65.0 Å². The third-order valence-corrected chi connectivity index (χ3v) is 4.56. The summed E-state index contributed by atoms with van der Waals surface area (Å²) in [6.45, 7) is 4.18. The molecule has 0 aromatic heterocycles. The highest BCUT2D eigenvalue weighted by atomic mass is 16.5. The molecular weight excluding hydrogens is 320 g/mol. The number of fused-ring (bicyclic) bond motifs is 1. The number of aromatic hydroxyl groups is 1. The van der Waals surface area contributed by atoms with Crippen molar-refractivity contribution in [3.8, 4) is 17.2 Å². The minimum atomic E-state index is -0.285. The Kier molecular flexibility index (Phi) is 4.95. The van der Waals surface area contributed by atoms with Gasteiger partial charge in [-0.15, -0.1) is 0 Å². The first-order valence-corrected chi connectivity index (χ1v) is 8.34. The molecule has 0 saturated heterocycles. The standard InChI is InChI=1S/C20H22O5/c1-4-24-16-10-15(13-8-6-5-7-9-13)25-19-12(2)18(22)14(11-21)20(23-3)17(16)19/h5-9,11,15-16,22H,4,10H2,1-3H3. The Morgan fingerprint density at radius 2 is 2.04 bits per heavy atom. The average molecular weight is 342 g/mol. The molecule has 5 nitrogen and oxygen atoms in total. The van der Waals surface area contributed by atoms with Gasteiger partial charge in [0.2, 0.25) is 0 Å². The second-order valence-electron chi connectivity index (χ2n) is 5.98. The zero-order valence-corrected chi connectivity index (χ0v) is 14.6. The molecule has 0 radical (unpaired) electrons. The number of carbonyl (C=O) groups excluding carboxylic acids is 1. The van der Waals surface area contributed by atoms with Gasteiger partial charge < -0.3 is 19.3 Å². The maximum absolute atomic E-state index is 11.5. The fourth-order valence-electron chi connectivity index (χ4n) is 3.37. The van der Waals surface area contributed by atoms with Crippen LogP contribution in [0.4, 0.5) is 0 Å². The third-order valence-electron chi connectivity index (χ3n) is 4.56. The molecule has 25 heavy (non-hydrogen) atoms. The van der Waals surface area contributed by atoms with Crippen molar-refractivity contribution in [1.29, 1.82) is 0 Å². The molecule has 2 unspecified atom stereocenters. The number of hydrogen-bond acceptors (Lipinski definition) is 5. The van der Waals surface area contributed by atoms with Crippen molar-refractivity contribution >= 4 is 6.29 Å². The van der Waals surface area contributed by atoms with Gasteiger partial charge in [0.1, 0.15) is 23.4 Å². The number of aldehydes is 1. The normalized spacial score (nSPS) is 19.0. The quantitative estimate of drug-likeness (QED) is 0.828. The molecule has 2 aromatic rings. The summed E-state index contributed by atoms with van der Waals surface area (Å²) in [6, 6.07) is 9.89. The summed E-state index contributed by atoms with van der Waals surface area (Å²) in [4.78, 5) is 11.5. The zero-order chi connectivity index (χ0) is 18.0. The van der Waals surface area contributed by atoms with Crippen LogP contribution in [0.5, 0.6) is 17.2 Å². The lowest BCUT2D eigenvalue weighted by Crippen LogP contribution is -2.23. The highest BCUT2D eigenvalue weighted by molar-refractivity contribution is 5.87. The lowest BCUT2D eigenvalue weighted by Gasteiger charge is -2.35. The van der Waals surface area contributed by atoms with Crippen molar-refractivity contribution in [2.24, 2.45) is 0 Å². The van der Waals surface area contributed by atoms with Crippen molar-refractivity contribution in [2.75, 3.05) is 13.7 Å². The highest BCUT2D eigenvalue weighted by Crippen LogP contribution is 2.52. The summed E-state index contributed by atoms with van der Waals surface area (Å²) in [5.41, 5.74) is 2.37. The number of carbonyl (C=O) groups is 1. The molecule has 1 heterocycles. The maximum atomic E-state index is 11.5. The molecule has 0 saturated carbocycles. The van der Waals surface area contributed by atoms with Crippen molar-refractivity contribution in [3.63, 3.8) is 0 Å². The Balaban J connectivity index is 2.18. The van der Waals surface area contributed by atoms with Crippen LogP contribution in [0, 0.1) is 6.92 Å². The summed E-state index contributed by atoms with van der Waals surface area (Å²) in [6.07, 6.45) is 0.722. The fourth-order valence-corrected chi connectivity index (χ4v) is 3.37. The molecule has 2 atom stereocenters. The Labute approximate surface area is 147 Å². The van der Waals surface area contributed by atoms with E-state index in [1.54, 1.807) is 6.92 Å². The number of hydrogen-bond donors (Lipinski definition) is 1. The zero-order valence-electron chi connectivity index (χ0n) is 14.6. The van der Waals surface area contributed by atoms with Crippen molar-refractivity contribution in [2.45, 2.75) is 32.5 Å². The van der Waals surface area contributed by atoms with Crippen molar-refractivity contribution in [3.05, 3.63) is 52.6 Å². The molecule has 0 amide bonds. The van der Waals surface area contributed by atoms with Gasteiger partial charge in [-0.25, -0.2) is 0 Å². The van der Waals surface area contributed by atoms with E-state index < -0.39 is 0 Å². The molecule has 0 spiro atoms. The number of phenols is 1. The number of ether oxygens (including phenoxy) is 3. The van der Waals surface area contributed by atoms with Crippen LogP contribution in [0.1, 0.15) is 52.6 Å². The fraction of sp³-hybridized carbons (Fsp3) is 0.350. The Hall–Kier alpha value is -2.53. The predicted octanol–water partition coefficient (Wildman–Crippen LogP) is 4.12. The molecule has 2 aromatic carbocycles. The van der Waals surface area contributed by atoms with E-state index in [9.17, 15) is 9.90 Å². The Morgan fingerprint density at radius 1 is 1.32 bits per heavy atom. The minimum Gasteiger partial charge on any atom is -0.507 e. The summed E-state index contributed by atoms with van der Waals surface area (Å²) in [5, 5.41) is 10.4. The summed E-state index contributed by atoms with van der Waals surface area (Å²) in [5.74, 6) is 0.728. The Morgan fingerprint density at radius 3 is 2.64 bits per heavy atom. The predicted molar refractivity (Wildman–Crippen MR) is 93.6 cm³/mol. The number of rotatable bonds is 5. The minimum absolute atomic E-state index is 0.116. The van der Waals surface area contributed by atoms with E-state index in [2.05, 4.69) is 0 Å². The van der Waals surface area contributed by atoms with Gasteiger partial charge in [-0.05, 0) is 19.4 Å². The molecule has 3 rings (SSSR count). The number of phenolic OH excluding ortho intramolecular Hbond substituents is 1. The largest absolute Gasteiger partial charge is 0.507 e. The van der Waals surface area contributed by atoms with Crippen LogP contribution in [0.2, 0.25) is 0 Å². The molecule has 1 aliphatic heterocycles. The first-order chi connectivity index (χ1) is 12.1. The SMILES string of the molecule is CCOC1CC(c2ccccc2)Oc2c(C)c(O)c(C=O)c(OC)c21. The van der Waals surface area contributed by atoms with Gasteiger partial charge in [0.05, 0.1) is 24.3 Å². The van der Waals surface area contributed by atoms with Crippen LogP contribution in [0.25, 0.3) is 0 Å². The summed E-state index contributed by atoms with van der Waals surface area (Å²) >= 11 is 0. The van der Waals surface area contributed by atoms with Gasteiger partial charge in [-0.1, -0.05) is 30.3 Å². The van der Waals surface area contributed by atoms with E-state index in [0.29, 0.717) is 41.9 Å². The maximum Gasteiger partial charge on any atom is 0.157 e. The molecule has 5 heteroatoms. The molecule has 1 N–H and O–H groups in total. The first kappa shape index (κ1) is 17.3. The summed E-state index contributed by atoms with van der Waals surface area (Å²) in [7, 11) is 1.48. The van der Waals surface area contributed by atoms with E-state index in [1.807, 2.05) is 37.3 Å². The average Bonchev–Trinajstić information content (AvgIpc) is 2.65. The molecular formula is C20H22O5. The van der Waals surface area contributed by atoms with Gasteiger partial charge in [-0.2, -0.15) is 0 Å². The van der Waals surface area contributed by atoms with Crippen LogP contribution < -0.4 is 9.47 Å². The van der Waals surface area contributed by atoms with E-state index in [4.69, 9.17) is 14.2 Å². The van der Waals surface area contributed by atoms with E-state index >= 15 is 0 Å². The lowest BCUT2D eigenvalue weighted by molar-refractivity contribution is 0.00349. The van der Waals surface area contributed by atoms with Gasteiger partial charge in [0.15, 0.2) is 6.29 Å². The van der Waals surface area contributed by atoms with Crippen LogP contribution in [0.3, 0.4) is 0 Å². The van der Waals surface area contributed by atoms with Crippen LogP contribution in [-0.2, 0) is 4.74 Å². The van der Waals surface area contributed by atoms with E-state index in [-0.39, 0.29) is 23.5 Å².